The van der Waals surface area contributed by atoms with Gasteiger partial charge < -0.3 is 15.3 Å². The molecule has 0 atom stereocenters. The Morgan fingerprint density at radius 1 is 1.37 bits per heavy atom. The summed E-state index contributed by atoms with van der Waals surface area (Å²) in [6, 6.07) is 3.53. The fourth-order valence-electron chi connectivity index (χ4n) is 1.84. The van der Waals surface area contributed by atoms with Gasteiger partial charge in [0.05, 0.1) is 12.2 Å². The Kier molecular flexibility index (Phi) is 6.89. The second-order valence-electron chi connectivity index (χ2n) is 4.34. The van der Waals surface area contributed by atoms with Crippen LogP contribution in [0.2, 0.25) is 0 Å². The highest BCUT2D eigenvalue weighted by Gasteiger charge is 2.18. The zero-order valence-electron chi connectivity index (χ0n) is 11.7. The van der Waals surface area contributed by atoms with Crippen LogP contribution in [0.4, 0.5) is 5.82 Å². The smallest absolute Gasteiger partial charge is 0.257 e. The molecule has 0 saturated carbocycles. The lowest BCUT2D eigenvalue weighted by Gasteiger charge is -2.22. The minimum absolute atomic E-state index is 0.0241. The van der Waals surface area contributed by atoms with E-state index < -0.39 is 0 Å². The monoisotopic (exact) mass is 265 g/mol. The van der Waals surface area contributed by atoms with Gasteiger partial charge in [0.1, 0.15) is 5.82 Å². The van der Waals surface area contributed by atoms with Gasteiger partial charge in [-0.3, -0.25) is 4.79 Å². The van der Waals surface area contributed by atoms with Crippen LogP contribution in [-0.2, 0) is 0 Å². The zero-order chi connectivity index (χ0) is 14.1. The van der Waals surface area contributed by atoms with Crippen molar-refractivity contribution in [3.05, 3.63) is 23.9 Å². The lowest BCUT2D eigenvalue weighted by Crippen LogP contribution is -2.34. The molecule has 0 fully saturated rings. The first-order chi connectivity index (χ1) is 9.24. The quantitative estimate of drug-likeness (QED) is 0.751. The minimum Gasteiger partial charge on any atom is -0.395 e. The molecule has 0 aliphatic heterocycles. The van der Waals surface area contributed by atoms with Gasteiger partial charge in [-0.1, -0.05) is 13.8 Å². The van der Waals surface area contributed by atoms with Crippen molar-refractivity contribution in [2.75, 3.05) is 31.6 Å². The van der Waals surface area contributed by atoms with E-state index >= 15 is 0 Å². The van der Waals surface area contributed by atoms with Crippen molar-refractivity contribution in [1.82, 2.24) is 9.88 Å². The van der Waals surface area contributed by atoms with E-state index in [9.17, 15) is 4.79 Å². The fourth-order valence-corrected chi connectivity index (χ4v) is 1.84. The standard InChI is InChI=1S/C14H23N3O2/c1-3-7-15-13-12(6-5-8-16-13)14(19)17(9-4-2)10-11-18/h5-6,8,18H,3-4,7,9-11H2,1-2H3,(H,15,16). The van der Waals surface area contributed by atoms with Gasteiger partial charge in [0.25, 0.3) is 5.91 Å². The number of nitrogens with zero attached hydrogens (tertiary/aromatic N) is 2. The summed E-state index contributed by atoms with van der Waals surface area (Å²) in [5.41, 5.74) is 0.567. The van der Waals surface area contributed by atoms with Crippen molar-refractivity contribution in [3.63, 3.8) is 0 Å². The maximum Gasteiger partial charge on any atom is 0.257 e. The average Bonchev–Trinajstić information content (AvgIpc) is 2.44. The Hall–Kier alpha value is -1.62. The second-order valence-corrected chi connectivity index (χ2v) is 4.34. The summed E-state index contributed by atoms with van der Waals surface area (Å²) in [4.78, 5) is 18.3. The van der Waals surface area contributed by atoms with Crippen LogP contribution < -0.4 is 5.32 Å². The van der Waals surface area contributed by atoms with E-state index in [4.69, 9.17) is 5.11 Å². The number of rotatable bonds is 8. The number of amides is 1. The number of aliphatic hydroxyl groups excluding tert-OH is 1. The Bertz CT molecular complexity index is 390. The number of pyridine rings is 1. The topological polar surface area (TPSA) is 65.5 Å². The molecule has 1 aromatic heterocycles. The largest absolute Gasteiger partial charge is 0.395 e. The maximum atomic E-state index is 12.4. The fraction of sp³-hybridized carbons (Fsp3) is 0.571. The lowest BCUT2D eigenvalue weighted by molar-refractivity contribution is 0.0722. The molecular formula is C14H23N3O2. The molecule has 0 saturated heterocycles. The molecule has 0 spiro atoms. The van der Waals surface area contributed by atoms with Crippen molar-refractivity contribution in [1.29, 1.82) is 0 Å². The van der Waals surface area contributed by atoms with Gasteiger partial charge in [-0.2, -0.15) is 0 Å². The Morgan fingerprint density at radius 3 is 2.79 bits per heavy atom. The molecule has 5 heteroatoms. The summed E-state index contributed by atoms with van der Waals surface area (Å²) in [7, 11) is 0. The first kappa shape index (κ1) is 15.4. The molecule has 0 aromatic carbocycles. The third-order valence-corrected chi connectivity index (χ3v) is 2.73. The van der Waals surface area contributed by atoms with Gasteiger partial charge in [-0.05, 0) is 25.0 Å². The predicted molar refractivity (Wildman–Crippen MR) is 76.3 cm³/mol. The van der Waals surface area contributed by atoms with E-state index in [0.29, 0.717) is 24.5 Å². The van der Waals surface area contributed by atoms with Crippen LogP contribution >= 0.6 is 0 Å². The Balaban J connectivity index is 2.89. The highest BCUT2D eigenvalue weighted by Crippen LogP contribution is 2.14. The second kappa shape index (κ2) is 8.48. The first-order valence-electron chi connectivity index (χ1n) is 6.83. The van der Waals surface area contributed by atoms with Crippen LogP contribution in [-0.4, -0.2) is 47.1 Å². The summed E-state index contributed by atoms with van der Waals surface area (Å²) < 4.78 is 0. The highest BCUT2D eigenvalue weighted by molar-refractivity contribution is 5.98. The van der Waals surface area contributed by atoms with Crippen LogP contribution in [0, 0.1) is 0 Å². The van der Waals surface area contributed by atoms with Crippen LogP contribution in [0.3, 0.4) is 0 Å². The van der Waals surface area contributed by atoms with E-state index in [0.717, 1.165) is 19.4 Å². The number of aliphatic hydroxyl groups is 1. The summed E-state index contributed by atoms with van der Waals surface area (Å²) in [6.45, 7) is 5.83. The molecule has 106 valence electrons. The summed E-state index contributed by atoms with van der Waals surface area (Å²) in [5, 5.41) is 12.2. The van der Waals surface area contributed by atoms with Gasteiger partial charge in [0, 0.05) is 25.8 Å². The molecule has 5 nitrogen and oxygen atoms in total. The number of hydrogen-bond acceptors (Lipinski definition) is 4. The number of carbonyl (C=O) groups excluding carboxylic acids is 1. The Labute approximate surface area is 114 Å². The van der Waals surface area contributed by atoms with Crippen molar-refractivity contribution in [2.24, 2.45) is 0 Å². The summed E-state index contributed by atoms with van der Waals surface area (Å²) in [5.74, 6) is 0.538. The van der Waals surface area contributed by atoms with Gasteiger partial charge in [0.2, 0.25) is 0 Å². The summed E-state index contributed by atoms with van der Waals surface area (Å²) >= 11 is 0. The molecule has 1 amide bonds. The van der Waals surface area contributed by atoms with Gasteiger partial charge in [-0.15, -0.1) is 0 Å². The molecule has 0 radical (unpaired) electrons. The number of carbonyl (C=O) groups is 1. The Morgan fingerprint density at radius 2 is 2.16 bits per heavy atom. The first-order valence-corrected chi connectivity index (χ1v) is 6.83. The van der Waals surface area contributed by atoms with Crippen LogP contribution in [0.25, 0.3) is 0 Å². The van der Waals surface area contributed by atoms with Gasteiger partial charge >= 0.3 is 0 Å². The number of hydrogen-bond donors (Lipinski definition) is 2. The van der Waals surface area contributed by atoms with Crippen LogP contribution in [0.5, 0.6) is 0 Å². The van der Waals surface area contributed by atoms with Crippen molar-refractivity contribution >= 4 is 11.7 Å². The predicted octanol–water partition coefficient (Wildman–Crippen LogP) is 1.75. The molecule has 1 heterocycles. The van der Waals surface area contributed by atoms with E-state index in [-0.39, 0.29) is 12.5 Å². The SMILES string of the molecule is CCCNc1ncccc1C(=O)N(CCC)CCO. The molecular weight excluding hydrogens is 242 g/mol. The molecule has 19 heavy (non-hydrogen) atoms. The van der Waals surface area contributed by atoms with Crippen LogP contribution in [0.15, 0.2) is 18.3 Å². The van der Waals surface area contributed by atoms with Gasteiger partial charge in [-0.25, -0.2) is 4.98 Å². The average molecular weight is 265 g/mol. The normalized spacial score (nSPS) is 10.3. The van der Waals surface area contributed by atoms with E-state index in [1.54, 1.807) is 23.2 Å². The van der Waals surface area contributed by atoms with E-state index in [1.165, 1.54) is 0 Å². The number of nitrogens with one attached hydrogen (secondary N) is 1. The molecule has 0 bridgehead atoms. The van der Waals surface area contributed by atoms with Gasteiger partial charge in [0.15, 0.2) is 0 Å². The zero-order valence-corrected chi connectivity index (χ0v) is 11.7. The summed E-state index contributed by atoms with van der Waals surface area (Å²) in [6.07, 6.45) is 3.51. The molecule has 2 N–H and O–H groups in total. The lowest BCUT2D eigenvalue weighted by atomic mass is 10.2. The number of aromatic nitrogens is 1. The molecule has 1 rings (SSSR count). The third-order valence-electron chi connectivity index (χ3n) is 2.73. The molecule has 0 aliphatic carbocycles. The van der Waals surface area contributed by atoms with E-state index in [2.05, 4.69) is 17.2 Å². The molecule has 0 aliphatic rings. The highest BCUT2D eigenvalue weighted by atomic mass is 16.3. The molecule has 0 unspecified atom stereocenters. The van der Waals surface area contributed by atoms with Crippen LogP contribution in [0.1, 0.15) is 37.0 Å². The number of anilines is 1. The third kappa shape index (κ3) is 4.52. The maximum absolute atomic E-state index is 12.4. The molecule has 1 aromatic rings. The van der Waals surface area contributed by atoms with Crippen molar-refractivity contribution in [3.8, 4) is 0 Å². The van der Waals surface area contributed by atoms with E-state index in [1.807, 2.05) is 6.92 Å². The van der Waals surface area contributed by atoms with Crippen molar-refractivity contribution < 1.29 is 9.90 Å². The minimum atomic E-state index is -0.0809. The van der Waals surface area contributed by atoms with Crippen molar-refractivity contribution in [2.45, 2.75) is 26.7 Å².